The molecule has 5 rings (SSSR count). The second-order valence-corrected chi connectivity index (χ2v) is 8.51. The Kier molecular flexibility index (Phi) is 6.40. The lowest BCUT2D eigenvalue weighted by molar-refractivity contribution is -0.126. The average Bonchev–Trinajstić information content (AvgIpc) is 3.33. The van der Waals surface area contributed by atoms with Crippen molar-refractivity contribution in [3.63, 3.8) is 0 Å². The molecule has 0 aliphatic carbocycles. The zero-order valence-corrected chi connectivity index (χ0v) is 19.3. The van der Waals surface area contributed by atoms with Crippen LogP contribution in [0.15, 0.2) is 91.4 Å². The molecule has 0 atom stereocenters. The molecule has 1 fully saturated rings. The van der Waals surface area contributed by atoms with Crippen LogP contribution in [-0.2, 0) is 4.79 Å². The van der Waals surface area contributed by atoms with E-state index in [2.05, 4.69) is 9.88 Å². The molecular formula is C27H24ClN5O. The first-order chi connectivity index (χ1) is 16.7. The molecule has 7 heteroatoms. The monoisotopic (exact) mass is 469 g/mol. The Morgan fingerprint density at radius 2 is 1.56 bits per heavy atom. The third-order valence-electron chi connectivity index (χ3n) is 5.91. The molecule has 1 aliphatic rings. The van der Waals surface area contributed by atoms with Gasteiger partial charge in [0.25, 0.3) is 0 Å². The number of hydrogen-bond donors (Lipinski definition) is 0. The van der Waals surface area contributed by atoms with Crippen LogP contribution in [0.5, 0.6) is 0 Å². The summed E-state index contributed by atoms with van der Waals surface area (Å²) in [7, 11) is 0. The van der Waals surface area contributed by atoms with Crippen molar-refractivity contribution in [1.82, 2.24) is 19.7 Å². The van der Waals surface area contributed by atoms with Crippen molar-refractivity contribution in [2.24, 2.45) is 0 Å². The summed E-state index contributed by atoms with van der Waals surface area (Å²) in [5.41, 5.74) is 4.73. The lowest BCUT2D eigenvalue weighted by Gasteiger charge is -2.35. The number of halogens is 1. The summed E-state index contributed by atoms with van der Waals surface area (Å²) in [6, 6.07) is 21.6. The van der Waals surface area contributed by atoms with Gasteiger partial charge in [-0.25, -0.2) is 4.68 Å². The van der Waals surface area contributed by atoms with E-state index in [-0.39, 0.29) is 5.91 Å². The van der Waals surface area contributed by atoms with Gasteiger partial charge in [-0.3, -0.25) is 9.78 Å². The predicted molar refractivity (Wildman–Crippen MR) is 136 cm³/mol. The Balaban J connectivity index is 1.32. The Bertz CT molecular complexity index is 1280. The topological polar surface area (TPSA) is 54.3 Å². The molecule has 6 nitrogen and oxygen atoms in total. The maximum atomic E-state index is 12.9. The number of piperazine rings is 1. The van der Waals surface area contributed by atoms with Gasteiger partial charge in [-0.1, -0.05) is 29.8 Å². The van der Waals surface area contributed by atoms with Crippen LogP contribution >= 0.6 is 11.6 Å². The first kappa shape index (κ1) is 21.9. The number of para-hydroxylation sites is 1. The average molecular weight is 470 g/mol. The first-order valence-electron chi connectivity index (χ1n) is 11.2. The summed E-state index contributed by atoms with van der Waals surface area (Å²) in [4.78, 5) is 21.2. The number of hydrogen-bond acceptors (Lipinski definition) is 4. The van der Waals surface area contributed by atoms with Gasteiger partial charge < -0.3 is 9.80 Å². The summed E-state index contributed by atoms with van der Waals surface area (Å²) in [5.74, 6) is 0.00361. The van der Waals surface area contributed by atoms with Crippen LogP contribution in [0.25, 0.3) is 23.0 Å². The van der Waals surface area contributed by atoms with Crippen molar-refractivity contribution < 1.29 is 4.79 Å². The summed E-state index contributed by atoms with van der Waals surface area (Å²) in [6.45, 7) is 2.92. The first-order valence-corrected chi connectivity index (χ1v) is 11.6. The summed E-state index contributed by atoms with van der Waals surface area (Å²) < 4.78 is 1.84. The lowest BCUT2D eigenvalue weighted by atomic mass is 10.1. The van der Waals surface area contributed by atoms with Crippen LogP contribution in [-0.4, -0.2) is 51.8 Å². The van der Waals surface area contributed by atoms with Crippen molar-refractivity contribution >= 4 is 29.3 Å². The number of nitrogens with zero attached hydrogens (tertiary/aromatic N) is 5. The Morgan fingerprint density at radius 3 is 2.26 bits per heavy atom. The van der Waals surface area contributed by atoms with E-state index in [1.807, 2.05) is 88.6 Å². The van der Waals surface area contributed by atoms with E-state index in [1.54, 1.807) is 18.5 Å². The predicted octanol–water partition coefficient (Wildman–Crippen LogP) is 4.95. The van der Waals surface area contributed by atoms with Crippen LogP contribution in [0.3, 0.4) is 0 Å². The smallest absolute Gasteiger partial charge is 0.246 e. The SMILES string of the molecule is O=C(/C=C/c1cn(-c2ccccc2)nc1-c1ccncc1)N1CCN(c2ccc(Cl)cc2)CC1. The summed E-state index contributed by atoms with van der Waals surface area (Å²) in [5, 5.41) is 5.51. The number of carbonyl (C=O) groups is 1. The van der Waals surface area contributed by atoms with Crippen molar-refractivity contribution in [3.05, 3.63) is 102 Å². The Morgan fingerprint density at radius 1 is 0.853 bits per heavy atom. The van der Waals surface area contributed by atoms with E-state index >= 15 is 0 Å². The van der Waals surface area contributed by atoms with Crippen LogP contribution in [0.2, 0.25) is 5.02 Å². The highest BCUT2D eigenvalue weighted by Crippen LogP contribution is 2.25. The molecule has 2 aromatic heterocycles. The van der Waals surface area contributed by atoms with E-state index < -0.39 is 0 Å². The highest BCUT2D eigenvalue weighted by molar-refractivity contribution is 6.30. The van der Waals surface area contributed by atoms with Gasteiger partial charge in [-0.15, -0.1) is 0 Å². The number of benzene rings is 2. The fourth-order valence-electron chi connectivity index (χ4n) is 4.06. The van der Waals surface area contributed by atoms with Gasteiger partial charge in [0.05, 0.1) is 5.69 Å². The van der Waals surface area contributed by atoms with Crippen molar-refractivity contribution in [2.75, 3.05) is 31.1 Å². The van der Waals surface area contributed by atoms with Gasteiger partial charge in [0, 0.05) is 72.7 Å². The van der Waals surface area contributed by atoms with E-state index in [0.717, 1.165) is 46.3 Å². The second-order valence-electron chi connectivity index (χ2n) is 8.07. The van der Waals surface area contributed by atoms with Crippen LogP contribution in [0, 0.1) is 0 Å². The van der Waals surface area contributed by atoms with Gasteiger partial charge in [0.1, 0.15) is 5.69 Å². The van der Waals surface area contributed by atoms with Gasteiger partial charge in [-0.2, -0.15) is 5.10 Å². The molecule has 1 amide bonds. The quantitative estimate of drug-likeness (QED) is 0.388. The maximum absolute atomic E-state index is 12.9. The minimum atomic E-state index is 0.00361. The normalized spacial score (nSPS) is 14.0. The molecule has 0 unspecified atom stereocenters. The number of carbonyl (C=O) groups excluding carboxylic acids is 1. The maximum Gasteiger partial charge on any atom is 0.246 e. The van der Waals surface area contributed by atoms with E-state index in [0.29, 0.717) is 13.1 Å². The minimum Gasteiger partial charge on any atom is -0.368 e. The van der Waals surface area contributed by atoms with Gasteiger partial charge >= 0.3 is 0 Å². The van der Waals surface area contributed by atoms with Gasteiger partial charge in [-0.05, 0) is 54.6 Å². The molecule has 1 saturated heterocycles. The van der Waals surface area contributed by atoms with E-state index in [4.69, 9.17) is 16.7 Å². The highest BCUT2D eigenvalue weighted by Gasteiger charge is 2.20. The Labute approximate surface area is 203 Å². The minimum absolute atomic E-state index is 0.00361. The molecule has 1 aliphatic heterocycles. The highest BCUT2D eigenvalue weighted by atomic mass is 35.5. The second kappa shape index (κ2) is 9.93. The third-order valence-corrected chi connectivity index (χ3v) is 6.16. The summed E-state index contributed by atoms with van der Waals surface area (Å²) in [6.07, 6.45) is 8.95. The van der Waals surface area contributed by atoms with Gasteiger partial charge in [0.15, 0.2) is 0 Å². The number of rotatable bonds is 5. The zero-order valence-electron chi connectivity index (χ0n) is 18.6. The molecule has 2 aromatic carbocycles. The number of anilines is 1. The van der Waals surface area contributed by atoms with Crippen LogP contribution < -0.4 is 4.90 Å². The molecule has 0 N–H and O–H groups in total. The molecule has 170 valence electrons. The van der Waals surface area contributed by atoms with Crippen molar-refractivity contribution in [3.8, 4) is 16.9 Å². The molecule has 0 spiro atoms. The zero-order chi connectivity index (χ0) is 23.3. The van der Waals surface area contributed by atoms with Crippen molar-refractivity contribution in [2.45, 2.75) is 0 Å². The number of pyridine rings is 1. The molecule has 0 bridgehead atoms. The molecule has 34 heavy (non-hydrogen) atoms. The molecular weight excluding hydrogens is 446 g/mol. The van der Waals surface area contributed by atoms with Crippen molar-refractivity contribution in [1.29, 1.82) is 0 Å². The molecule has 0 saturated carbocycles. The third kappa shape index (κ3) is 4.87. The largest absolute Gasteiger partial charge is 0.368 e. The number of aromatic nitrogens is 3. The Hall–Kier alpha value is -3.90. The standard InChI is InChI=1S/C27H24ClN5O/c28-23-7-9-24(10-8-23)31-16-18-32(19-17-31)26(34)11-6-22-20-33(25-4-2-1-3-5-25)30-27(22)21-12-14-29-15-13-21/h1-15,20H,16-19H2/b11-6+. The number of amides is 1. The van der Waals surface area contributed by atoms with Crippen LogP contribution in [0.4, 0.5) is 5.69 Å². The molecule has 0 radical (unpaired) electrons. The summed E-state index contributed by atoms with van der Waals surface area (Å²) >= 11 is 6.00. The molecule has 4 aromatic rings. The molecule has 3 heterocycles. The fraction of sp³-hybridized carbons (Fsp3) is 0.148. The van der Waals surface area contributed by atoms with Gasteiger partial charge in [0.2, 0.25) is 5.91 Å². The van der Waals surface area contributed by atoms with Crippen LogP contribution in [0.1, 0.15) is 5.56 Å². The lowest BCUT2D eigenvalue weighted by Crippen LogP contribution is -2.48. The van der Waals surface area contributed by atoms with E-state index in [9.17, 15) is 4.79 Å². The van der Waals surface area contributed by atoms with E-state index in [1.165, 1.54) is 0 Å². The fourth-order valence-corrected chi connectivity index (χ4v) is 4.19.